The Labute approximate surface area is 179 Å². The average molecular weight is 444 g/mol. The van der Waals surface area contributed by atoms with E-state index < -0.39 is 21.7 Å². The van der Waals surface area contributed by atoms with Gasteiger partial charge in [0.2, 0.25) is 10.0 Å². The highest BCUT2D eigenvalue weighted by Gasteiger charge is 2.29. The molecular weight excluding hydrogens is 421 g/mol. The van der Waals surface area contributed by atoms with Gasteiger partial charge in [0.25, 0.3) is 5.91 Å². The summed E-state index contributed by atoms with van der Waals surface area (Å²) in [5, 5.41) is 6.54. The molecule has 0 spiro atoms. The SMILES string of the molecule is O=C(NCC1CCN(S(=O)(=O)c2ccccc2)CC1)c1cc(-c2ccccc2F)on1. The van der Waals surface area contributed by atoms with Crippen molar-refractivity contribution in [3.05, 3.63) is 72.2 Å². The van der Waals surface area contributed by atoms with Gasteiger partial charge in [0.15, 0.2) is 11.5 Å². The minimum absolute atomic E-state index is 0.0716. The normalized spacial score (nSPS) is 15.6. The first-order valence-electron chi connectivity index (χ1n) is 10.00. The van der Waals surface area contributed by atoms with Gasteiger partial charge in [-0.25, -0.2) is 12.8 Å². The Morgan fingerprint density at radius 3 is 2.48 bits per heavy atom. The van der Waals surface area contributed by atoms with Crippen molar-refractivity contribution in [3.8, 4) is 11.3 Å². The zero-order valence-electron chi connectivity index (χ0n) is 16.7. The van der Waals surface area contributed by atoms with E-state index in [1.165, 1.54) is 16.4 Å². The average Bonchev–Trinajstić information content (AvgIpc) is 3.29. The molecule has 0 saturated carbocycles. The maximum atomic E-state index is 13.9. The summed E-state index contributed by atoms with van der Waals surface area (Å²) in [6.07, 6.45) is 1.29. The molecular formula is C22H22FN3O4S. The van der Waals surface area contributed by atoms with E-state index in [1.807, 2.05) is 0 Å². The molecule has 31 heavy (non-hydrogen) atoms. The Bertz CT molecular complexity index is 1160. The van der Waals surface area contributed by atoms with Crippen LogP contribution in [0.3, 0.4) is 0 Å². The number of hydrogen-bond acceptors (Lipinski definition) is 5. The predicted molar refractivity (Wildman–Crippen MR) is 112 cm³/mol. The third-order valence-corrected chi connectivity index (χ3v) is 7.30. The van der Waals surface area contributed by atoms with Gasteiger partial charge in [-0.2, -0.15) is 4.31 Å². The van der Waals surface area contributed by atoms with Crippen LogP contribution >= 0.6 is 0 Å². The van der Waals surface area contributed by atoms with Crippen LogP contribution in [0.15, 0.2) is 70.1 Å². The van der Waals surface area contributed by atoms with Gasteiger partial charge in [-0.1, -0.05) is 35.5 Å². The number of rotatable bonds is 6. The van der Waals surface area contributed by atoms with Crippen molar-refractivity contribution in [1.82, 2.24) is 14.8 Å². The van der Waals surface area contributed by atoms with E-state index in [9.17, 15) is 17.6 Å². The number of carbonyl (C=O) groups is 1. The van der Waals surface area contributed by atoms with Gasteiger partial charge < -0.3 is 9.84 Å². The highest BCUT2D eigenvalue weighted by atomic mass is 32.2. The number of nitrogens with one attached hydrogen (secondary N) is 1. The number of carbonyl (C=O) groups excluding carboxylic acids is 1. The number of halogens is 1. The Morgan fingerprint density at radius 1 is 1.10 bits per heavy atom. The molecule has 0 unspecified atom stereocenters. The van der Waals surface area contributed by atoms with E-state index in [-0.39, 0.29) is 22.9 Å². The summed E-state index contributed by atoms with van der Waals surface area (Å²) in [4.78, 5) is 12.7. The van der Waals surface area contributed by atoms with Crippen molar-refractivity contribution in [2.45, 2.75) is 17.7 Å². The maximum absolute atomic E-state index is 13.9. The standard InChI is InChI=1S/C22H22FN3O4S/c23-19-9-5-4-8-18(19)21-14-20(25-30-21)22(27)24-15-16-10-12-26(13-11-16)31(28,29)17-6-2-1-3-7-17/h1-9,14,16H,10-13,15H2,(H,24,27). The number of hydrogen-bond donors (Lipinski definition) is 1. The number of piperidine rings is 1. The van der Waals surface area contributed by atoms with Crippen LogP contribution in [0, 0.1) is 11.7 Å². The van der Waals surface area contributed by atoms with Crippen molar-refractivity contribution >= 4 is 15.9 Å². The van der Waals surface area contributed by atoms with E-state index in [1.54, 1.807) is 48.5 Å². The zero-order valence-corrected chi connectivity index (χ0v) is 17.5. The first-order chi connectivity index (χ1) is 14.9. The van der Waals surface area contributed by atoms with Crippen molar-refractivity contribution in [1.29, 1.82) is 0 Å². The summed E-state index contributed by atoms with van der Waals surface area (Å²) >= 11 is 0. The lowest BCUT2D eigenvalue weighted by Crippen LogP contribution is -2.41. The van der Waals surface area contributed by atoms with E-state index in [0.717, 1.165) is 0 Å². The summed E-state index contributed by atoms with van der Waals surface area (Å²) in [5.41, 5.74) is 0.309. The molecule has 1 N–H and O–H groups in total. The van der Waals surface area contributed by atoms with Gasteiger partial charge in [0, 0.05) is 25.7 Å². The quantitative estimate of drug-likeness (QED) is 0.631. The molecule has 1 fully saturated rings. The first kappa shape index (κ1) is 21.2. The minimum Gasteiger partial charge on any atom is -0.355 e. The summed E-state index contributed by atoms with van der Waals surface area (Å²) < 4.78 is 45.9. The molecule has 4 rings (SSSR count). The Morgan fingerprint density at radius 2 is 1.77 bits per heavy atom. The van der Waals surface area contributed by atoms with Crippen LogP contribution in [0.2, 0.25) is 0 Å². The fourth-order valence-electron chi connectivity index (χ4n) is 3.59. The molecule has 1 amide bonds. The Balaban J connectivity index is 1.30. The third-order valence-electron chi connectivity index (χ3n) is 5.39. The monoisotopic (exact) mass is 443 g/mol. The number of nitrogens with zero attached hydrogens (tertiary/aromatic N) is 2. The molecule has 2 heterocycles. The second-order valence-electron chi connectivity index (χ2n) is 7.43. The molecule has 3 aromatic rings. The van der Waals surface area contributed by atoms with E-state index in [4.69, 9.17) is 4.52 Å². The smallest absolute Gasteiger partial charge is 0.273 e. The van der Waals surface area contributed by atoms with Gasteiger partial charge in [-0.15, -0.1) is 0 Å². The molecule has 7 nitrogen and oxygen atoms in total. The molecule has 162 valence electrons. The summed E-state index contributed by atoms with van der Waals surface area (Å²) in [7, 11) is -3.49. The third kappa shape index (κ3) is 4.67. The molecule has 0 aliphatic carbocycles. The van der Waals surface area contributed by atoms with E-state index >= 15 is 0 Å². The largest absolute Gasteiger partial charge is 0.355 e. The molecule has 0 atom stereocenters. The Kier molecular flexibility index (Phi) is 6.15. The second kappa shape index (κ2) is 8.99. The summed E-state index contributed by atoms with van der Waals surface area (Å²) in [6.45, 7) is 1.21. The molecule has 1 aliphatic rings. The lowest BCUT2D eigenvalue weighted by Gasteiger charge is -2.31. The van der Waals surface area contributed by atoms with Crippen LogP contribution in [-0.4, -0.2) is 43.4 Å². The fourth-order valence-corrected chi connectivity index (χ4v) is 5.08. The number of sulfonamides is 1. The minimum atomic E-state index is -3.49. The summed E-state index contributed by atoms with van der Waals surface area (Å²) in [5.74, 6) is -0.528. The van der Waals surface area contributed by atoms with Gasteiger partial charge in [-0.3, -0.25) is 4.79 Å². The topological polar surface area (TPSA) is 92.5 Å². The maximum Gasteiger partial charge on any atom is 0.273 e. The number of benzene rings is 2. The molecule has 0 bridgehead atoms. The Hall–Kier alpha value is -3.04. The lowest BCUT2D eigenvalue weighted by atomic mass is 9.98. The van der Waals surface area contributed by atoms with Crippen LogP contribution in [0.25, 0.3) is 11.3 Å². The van der Waals surface area contributed by atoms with Crippen LogP contribution in [-0.2, 0) is 10.0 Å². The molecule has 1 aliphatic heterocycles. The zero-order chi connectivity index (χ0) is 21.8. The van der Waals surface area contributed by atoms with Gasteiger partial charge in [0.05, 0.1) is 10.5 Å². The van der Waals surface area contributed by atoms with Crippen LogP contribution in [0.5, 0.6) is 0 Å². The van der Waals surface area contributed by atoms with Crippen molar-refractivity contribution in [2.24, 2.45) is 5.92 Å². The summed E-state index contributed by atoms with van der Waals surface area (Å²) in [6, 6.07) is 15.9. The van der Waals surface area contributed by atoms with Crippen molar-refractivity contribution in [3.63, 3.8) is 0 Å². The molecule has 9 heteroatoms. The van der Waals surface area contributed by atoms with E-state index in [2.05, 4.69) is 10.5 Å². The van der Waals surface area contributed by atoms with Gasteiger partial charge in [0.1, 0.15) is 5.82 Å². The highest BCUT2D eigenvalue weighted by Crippen LogP contribution is 2.25. The molecule has 1 aromatic heterocycles. The molecule has 2 aromatic carbocycles. The second-order valence-corrected chi connectivity index (χ2v) is 9.36. The number of amides is 1. The van der Waals surface area contributed by atoms with Crippen molar-refractivity contribution in [2.75, 3.05) is 19.6 Å². The lowest BCUT2D eigenvalue weighted by molar-refractivity contribution is 0.0932. The van der Waals surface area contributed by atoms with Crippen molar-refractivity contribution < 1.29 is 22.1 Å². The van der Waals surface area contributed by atoms with Crippen LogP contribution < -0.4 is 5.32 Å². The fraction of sp³-hybridized carbons (Fsp3) is 0.273. The van der Waals surface area contributed by atoms with Gasteiger partial charge in [-0.05, 0) is 43.0 Å². The predicted octanol–water partition coefficient (Wildman–Crippen LogP) is 3.31. The van der Waals surface area contributed by atoms with Crippen LogP contribution in [0.1, 0.15) is 23.3 Å². The first-order valence-corrected chi connectivity index (χ1v) is 11.4. The van der Waals surface area contributed by atoms with Crippen LogP contribution in [0.4, 0.5) is 4.39 Å². The van der Waals surface area contributed by atoms with E-state index in [0.29, 0.717) is 37.4 Å². The number of aromatic nitrogens is 1. The molecule has 1 saturated heterocycles. The molecule has 0 radical (unpaired) electrons. The highest BCUT2D eigenvalue weighted by molar-refractivity contribution is 7.89. The van der Waals surface area contributed by atoms with Gasteiger partial charge >= 0.3 is 0 Å².